The fourth-order valence-electron chi connectivity index (χ4n) is 3.54. The summed E-state index contributed by atoms with van der Waals surface area (Å²) in [5, 5.41) is 4.14. The highest BCUT2D eigenvalue weighted by molar-refractivity contribution is 7.98. The fourth-order valence-corrected chi connectivity index (χ4v) is 4.85. The number of nitrogens with zero attached hydrogens (tertiary/aromatic N) is 2. The summed E-state index contributed by atoms with van der Waals surface area (Å²) in [6.07, 6.45) is 0. The van der Waals surface area contributed by atoms with E-state index < -0.39 is 5.82 Å². The third kappa shape index (κ3) is 6.10. The van der Waals surface area contributed by atoms with Gasteiger partial charge >= 0.3 is 0 Å². The Morgan fingerprint density at radius 3 is 2.60 bits per heavy atom. The van der Waals surface area contributed by atoms with Gasteiger partial charge in [0.05, 0.1) is 17.4 Å². The van der Waals surface area contributed by atoms with Crippen molar-refractivity contribution in [3.05, 3.63) is 105 Å². The minimum Gasteiger partial charge on any atom is -0.352 e. The van der Waals surface area contributed by atoms with E-state index in [1.807, 2.05) is 44.2 Å². The molecule has 3 aromatic carbocycles. The van der Waals surface area contributed by atoms with Crippen molar-refractivity contribution in [2.24, 2.45) is 5.92 Å². The number of thioether (sulfide) groups is 1. The number of hydrogen-bond donors (Lipinski definition) is 1. The van der Waals surface area contributed by atoms with Gasteiger partial charge in [-0.2, -0.15) is 0 Å². The molecule has 0 saturated carbocycles. The van der Waals surface area contributed by atoms with Crippen molar-refractivity contribution in [2.45, 2.75) is 31.3 Å². The molecule has 1 heterocycles. The van der Waals surface area contributed by atoms with Gasteiger partial charge in [0.25, 0.3) is 11.5 Å². The number of nitrogens with one attached hydrogen (secondary N) is 1. The van der Waals surface area contributed by atoms with Crippen LogP contribution in [0.1, 0.15) is 35.3 Å². The summed E-state index contributed by atoms with van der Waals surface area (Å²) in [5.41, 5.74) is 2.40. The van der Waals surface area contributed by atoms with Gasteiger partial charge in [-0.25, -0.2) is 9.37 Å². The maximum Gasteiger partial charge on any atom is 0.262 e. The molecule has 0 fully saturated rings. The number of benzene rings is 3. The van der Waals surface area contributed by atoms with Gasteiger partial charge in [0.1, 0.15) is 5.82 Å². The highest BCUT2D eigenvalue weighted by atomic mass is 35.5. The summed E-state index contributed by atoms with van der Waals surface area (Å²) in [5.74, 6) is 0.115. The minimum absolute atomic E-state index is 0.194. The number of rotatable bonds is 8. The van der Waals surface area contributed by atoms with Gasteiger partial charge in [-0.3, -0.25) is 14.2 Å². The number of halogens is 2. The first-order chi connectivity index (χ1) is 16.8. The quantitative estimate of drug-likeness (QED) is 0.237. The van der Waals surface area contributed by atoms with Gasteiger partial charge in [0.2, 0.25) is 0 Å². The largest absolute Gasteiger partial charge is 0.352 e. The molecule has 1 amide bonds. The van der Waals surface area contributed by atoms with Crippen LogP contribution in [0.5, 0.6) is 0 Å². The van der Waals surface area contributed by atoms with Crippen LogP contribution in [0, 0.1) is 11.7 Å². The SMILES string of the molecule is CC(C)CNC(=O)c1ccc2c(=O)n(Cc3ccccc3)c(SCc3ccc(F)cc3Cl)nc2c1. The van der Waals surface area contributed by atoms with Gasteiger partial charge in [0.15, 0.2) is 5.16 Å². The van der Waals surface area contributed by atoms with E-state index >= 15 is 0 Å². The lowest BCUT2D eigenvalue weighted by atomic mass is 10.1. The second-order valence-corrected chi connectivity index (χ2v) is 9.98. The molecular weight excluding hydrogens is 485 g/mol. The number of carbonyl (C=O) groups excluding carboxylic acids is 1. The molecule has 35 heavy (non-hydrogen) atoms. The van der Waals surface area contributed by atoms with E-state index in [0.717, 1.165) is 11.1 Å². The highest BCUT2D eigenvalue weighted by Gasteiger charge is 2.16. The lowest BCUT2D eigenvalue weighted by Gasteiger charge is -2.14. The van der Waals surface area contributed by atoms with Crippen molar-refractivity contribution < 1.29 is 9.18 Å². The molecular formula is C27H25ClFN3O2S. The Kier molecular flexibility index (Phi) is 7.88. The average molecular weight is 510 g/mol. The molecule has 4 aromatic rings. The van der Waals surface area contributed by atoms with Crippen molar-refractivity contribution in [1.29, 1.82) is 0 Å². The number of hydrogen-bond acceptors (Lipinski definition) is 4. The van der Waals surface area contributed by atoms with Crippen molar-refractivity contribution in [2.75, 3.05) is 6.54 Å². The van der Waals surface area contributed by atoms with Crippen LogP contribution in [-0.4, -0.2) is 22.0 Å². The maximum absolute atomic E-state index is 13.5. The predicted octanol–water partition coefficient (Wildman–Crippen LogP) is 5.92. The van der Waals surface area contributed by atoms with Crippen LogP contribution >= 0.6 is 23.4 Å². The average Bonchev–Trinajstić information content (AvgIpc) is 2.84. The zero-order valence-corrected chi connectivity index (χ0v) is 21.0. The molecule has 0 bridgehead atoms. The number of aromatic nitrogens is 2. The Labute approximate surface area is 212 Å². The summed E-state index contributed by atoms with van der Waals surface area (Å²) in [6, 6.07) is 18.9. The van der Waals surface area contributed by atoms with Crippen LogP contribution in [0.4, 0.5) is 4.39 Å². The van der Waals surface area contributed by atoms with Crippen LogP contribution in [0.3, 0.4) is 0 Å². The Balaban J connectivity index is 1.74. The first-order valence-electron chi connectivity index (χ1n) is 11.3. The molecule has 0 saturated heterocycles. The Hall–Kier alpha value is -3.16. The van der Waals surface area contributed by atoms with Gasteiger partial charge in [0, 0.05) is 22.9 Å². The van der Waals surface area contributed by atoms with Crippen LogP contribution in [0.15, 0.2) is 76.7 Å². The molecule has 0 unspecified atom stereocenters. The van der Waals surface area contributed by atoms with Crippen molar-refractivity contribution >= 4 is 40.2 Å². The molecule has 0 spiro atoms. The summed E-state index contributed by atoms with van der Waals surface area (Å²) in [6.45, 7) is 4.95. The summed E-state index contributed by atoms with van der Waals surface area (Å²) >= 11 is 7.55. The topological polar surface area (TPSA) is 64.0 Å². The Bertz CT molecular complexity index is 1420. The monoisotopic (exact) mass is 509 g/mol. The summed E-state index contributed by atoms with van der Waals surface area (Å²) in [4.78, 5) is 30.8. The third-order valence-corrected chi connectivity index (χ3v) is 6.79. The molecule has 1 N–H and O–H groups in total. The second kappa shape index (κ2) is 11.1. The molecule has 0 atom stereocenters. The van der Waals surface area contributed by atoms with E-state index in [-0.39, 0.29) is 11.5 Å². The number of amides is 1. The number of fused-ring (bicyclic) bond motifs is 1. The van der Waals surface area contributed by atoms with Gasteiger partial charge in [-0.15, -0.1) is 0 Å². The van der Waals surface area contributed by atoms with Crippen LogP contribution in [0.2, 0.25) is 5.02 Å². The van der Waals surface area contributed by atoms with E-state index in [9.17, 15) is 14.0 Å². The standard InChI is InChI=1S/C27H25ClFN3O2S/c1-17(2)14-30-25(33)19-9-11-22-24(12-19)31-27(35-16-20-8-10-21(29)13-23(20)28)32(26(22)34)15-18-6-4-3-5-7-18/h3-13,17H,14-16H2,1-2H3,(H,30,33). The molecule has 0 radical (unpaired) electrons. The molecule has 0 aliphatic rings. The Morgan fingerprint density at radius 2 is 1.89 bits per heavy atom. The van der Waals surface area contributed by atoms with Crippen LogP contribution < -0.4 is 10.9 Å². The van der Waals surface area contributed by atoms with Crippen molar-refractivity contribution in [3.8, 4) is 0 Å². The van der Waals surface area contributed by atoms with Crippen molar-refractivity contribution in [1.82, 2.24) is 14.9 Å². The van der Waals surface area contributed by atoms with E-state index in [4.69, 9.17) is 16.6 Å². The molecule has 4 rings (SSSR count). The second-order valence-electron chi connectivity index (χ2n) is 8.63. The van der Waals surface area contributed by atoms with E-state index in [1.54, 1.807) is 28.8 Å². The molecule has 8 heteroatoms. The molecule has 0 aliphatic carbocycles. The molecule has 180 valence electrons. The maximum atomic E-state index is 13.5. The lowest BCUT2D eigenvalue weighted by Crippen LogP contribution is -2.28. The molecule has 5 nitrogen and oxygen atoms in total. The van der Waals surface area contributed by atoms with E-state index in [0.29, 0.717) is 51.4 Å². The lowest BCUT2D eigenvalue weighted by molar-refractivity contribution is 0.0949. The first kappa shape index (κ1) is 24.9. The number of carbonyl (C=O) groups is 1. The normalized spacial score (nSPS) is 11.2. The fraction of sp³-hybridized carbons (Fsp3) is 0.222. The molecule has 0 aliphatic heterocycles. The molecule has 1 aromatic heterocycles. The predicted molar refractivity (Wildman–Crippen MR) is 140 cm³/mol. The zero-order valence-electron chi connectivity index (χ0n) is 19.4. The van der Waals surface area contributed by atoms with Crippen LogP contribution in [-0.2, 0) is 12.3 Å². The van der Waals surface area contributed by atoms with Crippen LogP contribution in [0.25, 0.3) is 10.9 Å². The third-order valence-electron chi connectivity index (χ3n) is 5.41. The summed E-state index contributed by atoms with van der Waals surface area (Å²) in [7, 11) is 0. The zero-order chi connectivity index (χ0) is 24.9. The first-order valence-corrected chi connectivity index (χ1v) is 12.6. The van der Waals surface area contributed by atoms with Gasteiger partial charge < -0.3 is 5.32 Å². The van der Waals surface area contributed by atoms with E-state index in [2.05, 4.69) is 5.32 Å². The van der Waals surface area contributed by atoms with E-state index in [1.165, 1.54) is 23.9 Å². The van der Waals surface area contributed by atoms with Crippen molar-refractivity contribution in [3.63, 3.8) is 0 Å². The van der Waals surface area contributed by atoms with Gasteiger partial charge in [-0.1, -0.05) is 73.6 Å². The Morgan fingerprint density at radius 1 is 1.11 bits per heavy atom. The minimum atomic E-state index is -0.406. The smallest absolute Gasteiger partial charge is 0.262 e. The highest BCUT2D eigenvalue weighted by Crippen LogP contribution is 2.27. The summed E-state index contributed by atoms with van der Waals surface area (Å²) < 4.78 is 15.1. The van der Waals surface area contributed by atoms with Gasteiger partial charge in [-0.05, 0) is 47.4 Å².